The number of aromatic nitrogens is 2. The van der Waals surface area contributed by atoms with Gasteiger partial charge in [0.2, 0.25) is 5.91 Å². The number of hydrogen-bond acceptors (Lipinski definition) is 5. The highest BCUT2D eigenvalue weighted by molar-refractivity contribution is 5.99. The SMILES string of the molecule is O=C(O)CCCCc1nc2c(nc1-c1ccccc1)CCC(C(=O)N1CCC3(CC1)CNC(=O)c1ccccc13)=C2. The van der Waals surface area contributed by atoms with Crippen LogP contribution in [-0.4, -0.2) is 57.4 Å². The predicted octanol–water partition coefficient (Wildman–Crippen LogP) is 4.57. The van der Waals surface area contributed by atoms with Gasteiger partial charge in [-0.15, -0.1) is 0 Å². The molecule has 1 fully saturated rings. The molecule has 1 saturated heterocycles. The Balaban J connectivity index is 1.21. The largest absolute Gasteiger partial charge is 0.481 e. The van der Waals surface area contributed by atoms with E-state index in [4.69, 9.17) is 15.1 Å². The number of aliphatic carboxylic acids is 1. The summed E-state index contributed by atoms with van der Waals surface area (Å²) >= 11 is 0. The highest BCUT2D eigenvalue weighted by Crippen LogP contribution is 2.40. The summed E-state index contributed by atoms with van der Waals surface area (Å²) in [6, 6.07) is 17.8. The Bertz CT molecular complexity index is 1520. The van der Waals surface area contributed by atoms with Gasteiger partial charge in [0, 0.05) is 48.2 Å². The zero-order chi connectivity index (χ0) is 28.4. The van der Waals surface area contributed by atoms with Gasteiger partial charge in [-0.05, 0) is 62.7 Å². The molecule has 8 heteroatoms. The fourth-order valence-electron chi connectivity index (χ4n) is 6.42. The van der Waals surface area contributed by atoms with Gasteiger partial charge in [0.15, 0.2) is 0 Å². The molecule has 3 heterocycles. The number of piperidine rings is 1. The standard InChI is InChI=1S/C33H34N4O4/c38-29(39)13-7-6-12-27-30(22-8-2-1-3-9-22)36-26-15-14-23(20-28(26)35-27)32(41)37-18-16-33(17-19-37)21-34-31(40)24-10-4-5-11-25(24)33/h1-5,8-11,20H,6-7,12-19,21H2,(H,34,40)(H,38,39). The van der Waals surface area contributed by atoms with Crippen molar-refractivity contribution in [1.29, 1.82) is 0 Å². The summed E-state index contributed by atoms with van der Waals surface area (Å²) in [4.78, 5) is 49.0. The molecule has 2 aliphatic heterocycles. The highest BCUT2D eigenvalue weighted by Gasteiger charge is 2.42. The van der Waals surface area contributed by atoms with E-state index in [0.717, 1.165) is 57.9 Å². The van der Waals surface area contributed by atoms with Crippen molar-refractivity contribution < 1.29 is 19.5 Å². The van der Waals surface area contributed by atoms with Crippen LogP contribution in [0, 0.1) is 0 Å². The Morgan fingerprint density at radius 2 is 1.71 bits per heavy atom. The van der Waals surface area contributed by atoms with Gasteiger partial charge in [-0.1, -0.05) is 48.5 Å². The molecule has 41 heavy (non-hydrogen) atoms. The second kappa shape index (κ2) is 11.3. The number of amides is 2. The van der Waals surface area contributed by atoms with Crippen molar-refractivity contribution in [3.05, 3.63) is 88.4 Å². The Morgan fingerprint density at radius 3 is 2.49 bits per heavy atom. The lowest BCUT2D eigenvalue weighted by molar-refractivity contribution is -0.137. The third-order valence-electron chi connectivity index (χ3n) is 8.73. The van der Waals surface area contributed by atoms with Gasteiger partial charge in [0.25, 0.3) is 5.91 Å². The van der Waals surface area contributed by atoms with E-state index in [-0.39, 0.29) is 23.7 Å². The number of unbranched alkanes of at least 4 members (excludes halogenated alkanes) is 1. The van der Waals surface area contributed by atoms with Crippen LogP contribution in [0.1, 0.15) is 71.5 Å². The molecule has 2 aromatic carbocycles. The number of carboxylic acid groups (broad SMARTS) is 1. The van der Waals surface area contributed by atoms with Crippen LogP contribution in [0.2, 0.25) is 0 Å². The molecule has 1 spiro atoms. The molecule has 1 aliphatic carbocycles. The number of nitrogens with one attached hydrogen (secondary N) is 1. The number of aryl methyl sites for hydroxylation is 2. The average molecular weight is 551 g/mol. The van der Waals surface area contributed by atoms with Crippen LogP contribution >= 0.6 is 0 Å². The normalized spacial score (nSPS) is 17.3. The maximum absolute atomic E-state index is 13.7. The first kappa shape index (κ1) is 26.9. The van der Waals surface area contributed by atoms with E-state index in [1.54, 1.807) is 0 Å². The molecule has 0 bridgehead atoms. The minimum absolute atomic E-state index is 0.0199. The molecule has 2 N–H and O–H groups in total. The van der Waals surface area contributed by atoms with Crippen LogP contribution in [0.3, 0.4) is 0 Å². The summed E-state index contributed by atoms with van der Waals surface area (Å²) in [6.07, 6.45) is 6.82. The number of hydrogen-bond donors (Lipinski definition) is 2. The van der Waals surface area contributed by atoms with Gasteiger partial charge in [0.05, 0.1) is 22.8 Å². The highest BCUT2D eigenvalue weighted by atomic mass is 16.4. The second-order valence-electron chi connectivity index (χ2n) is 11.3. The first-order chi connectivity index (χ1) is 19.9. The molecule has 1 aromatic heterocycles. The average Bonchev–Trinajstić information content (AvgIpc) is 3.01. The Morgan fingerprint density at radius 1 is 0.951 bits per heavy atom. The quantitative estimate of drug-likeness (QED) is 0.417. The van der Waals surface area contributed by atoms with Gasteiger partial charge < -0.3 is 15.3 Å². The number of carbonyl (C=O) groups is 3. The van der Waals surface area contributed by atoms with Crippen LogP contribution in [0.4, 0.5) is 0 Å². The minimum Gasteiger partial charge on any atom is -0.481 e. The van der Waals surface area contributed by atoms with Crippen LogP contribution in [0.15, 0.2) is 60.2 Å². The fourth-order valence-corrected chi connectivity index (χ4v) is 6.42. The molecule has 6 rings (SSSR count). The maximum Gasteiger partial charge on any atom is 0.303 e. The van der Waals surface area contributed by atoms with Crippen LogP contribution < -0.4 is 5.32 Å². The minimum atomic E-state index is -0.794. The topological polar surface area (TPSA) is 112 Å². The maximum atomic E-state index is 13.7. The molecule has 210 valence electrons. The van der Waals surface area contributed by atoms with Crippen molar-refractivity contribution in [3.63, 3.8) is 0 Å². The summed E-state index contributed by atoms with van der Waals surface area (Å²) in [6.45, 7) is 1.89. The van der Waals surface area contributed by atoms with Gasteiger partial charge in [0.1, 0.15) is 0 Å². The summed E-state index contributed by atoms with van der Waals surface area (Å²) in [7, 11) is 0. The van der Waals surface area contributed by atoms with Crippen molar-refractivity contribution in [2.24, 2.45) is 0 Å². The number of fused-ring (bicyclic) bond motifs is 3. The van der Waals surface area contributed by atoms with Crippen LogP contribution in [0.25, 0.3) is 17.3 Å². The lowest BCUT2D eigenvalue weighted by Crippen LogP contribution is -2.53. The van der Waals surface area contributed by atoms with Gasteiger partial charge in [-0.3, -0.25) is 14.4 Å². The number of carboxylic acids is 1. The Labute approximate surface area is 239 Å². The summed E-state index contributed by atoms with van der Waals surface area (Å²) in [5.41, 5.74) is 6.76. The van der Waals surface area contributed by atoms with E-state index >= 15 is 0 Å². The van der Waals surface area contributed by atoms with Gasteiger partial charge >= 0.3 is 5.97 Å². The first-order valence-corrected chi connectivity index (χ1v) is 14.5. The van der Waals surface area contributed by atoms with Crippen LogP contribution in [-0.2, 0) is 27.8 Å². The third-order valence-corrected chi connectivity index (χ3v) is 8.73. The van der Waals surface area contributed by atoms with Crippen molar-refractivity contribution in [2.75, 3.05) is 19.6 Å². The van der Waals surface area contributed by atoms with E-state index in [1.807, 2.05) is 59.5 Å². The van der Waals surface area contributed by atoms with E-state index in [2.05, 4.69) is 11.4 Å². The number of rotatable bonds is 7. The first-order valence-electron chi connectivity index (χ1n) is 14.5. The smallest absolute Gasteiger partial charge is 0.303 e. The van der Waals surface area contributed by atoms with Gasteiger partial charge in [-0.2, -0.15) is 0 Å². The molecule has 8 nitrogen and oxygen atoms in total. The Hall–Kier alpha value is -4.33. The fraction of sp³-hybridized carbons (Fsp3) is 0.364. The third kappa shape index (κ3) is 5.38. The molecule has 3 aromatic rings. The van der Waals surface area contributed by atoms with Crippen molar-refractivity contribution >= 4 is 23.9 Å². The lowest BCUT2D eigenvalue weighted by Gasteiger charge is -2.45. The molecule has 0 radical (unpaired) electrons. The Kier molecular flexibility index (Phi) is 7.39. The van der Waals surface area contributed by atoms with Crippen molar-refractivity contribution in [2.45, 2.75) is 56.8 Å². The number of benzene rings is 2. The molecule has 0 unspecified atom stereocenters. The summed E-state index contributed by atoms with van der Waals surface area (Å²) in [5, 5.41) is 12.1. The number of nitrogens with zero attached hydrogens (tertiary/aromatic N) is 3. The molecule has 0 atom stereocenters. The van der Waals surface area contributed by atoms with E-state index in [1.165, 1.54) is 0 Å². The van der Waals surface area contributed by atoms with Gasteiger partial charge in [-0.25, -0.2) is 9.97 Å². The van der Waals surface area contributed by atoms with E-state index in [0.29, 0.717) is 51.7 Å². The van der Waals surface area contributed by atoms with Crippen molar-refractivity contribution in [3.8, 4) is 11.3 Å². The number of likely N-dealkylation sites (tertiary alicyclic amines) is 1. The molecule has 3 aliphatic rings. The molecule has 2 amide bonds. The van der Waals surface area contributed by atoms with E-state index < -0.39 is 5.97 Å². The zero-order valence-electron chi connectivity index (χ0n) is 23.1. The molecular formula is C33H34N4O4. The lowest BCUT2D eigenvalue weighted by atomic mass is 9.69. The van der Waals surface area contributed by atoms with E-state index in [9.17, 15) is 14.4 Å². The van der Waals surface area contributed by atoms with Crippen LogP contribution in [0.5, 0.6) is 0 Å². The van der Waals surface area contributed by atoms with Crippen molar-refractivity contribution in [1.82, 2.24) is 20.2 Å². The summed E-state index contributed by atoms with van der Waals surface area (Å²) < 4.78 is 0. The number of carbonyl (C=O) groups excluding carboxylic acids is 2. The zero-order valence-corrected chi connectivity index (χ0v) is 23.1. The molecular weight excluding hydrogens is 516 g/mol. The summed E-state index contributed by atoms with van der Waals surface area (Å²) in [5.74, 6) is -0.763. The monoisotopic (exact) mass is 550 g/mol. The molecule has 0 saturated carbocycles. The second-order valence-corrected chi connectivity index (χ2v) is 11.3. The predicted molar refractivity (Wildman–Crippen MR) is 155 cm³/mol.